The van der Waals surface area contributed by atoms with Gasteiger partial charge in [-0.05, 0) is 25.1 Å². The number of hydrogen-bond donors (Lipinski definition) is 2. The second-order valence-corrected chi connectivity index (χ2v) is 3.24. The number of nitrogens with one attached hydrogen (secondary N) is 1. The molecule has 3 N–H and O–H groups in total. The van der Waals surface area contributed by atoms with E-state index < -0.39 is 23.6 Å². The van der Waals surface area contributed by atoms with Gasteiger partial charge in [0.15, 0.2) is 0 Å². The fourth-order valence-corrected chi connectivity index (χ4v) is 1.02. The molecule has 0 saturated heterocycles. The molecule has 0 unspecified atom stereocenters. The third kappa shape index (κ3) is 3.28. The molecule has 1 aromatic rings. The molecule has 0 aliphatic heterocycles. The van der Waals surface area contributed by atoms with Crippen LogP contribution in [0.1, 0.15) is 12.5 Å². The van der Waals surface area contributed by atoms with Crippen LogP contribution >= 0.6 is 0 Å². The van der Waals surface area contributed by atoms with Gasteiger partial charge in [-0.2, -0.15) is 0 Å². The largest absolute Gasteiger partial charge is 0.351 e. The zero-order valence-electron chi connectivity index (χ0n) is 8.26. The van der Waals surface area contributed by atoms with E-state index in [1.807, 2.05) is 0 Å². The minimum Gasteiger partial charge on any atom is -0.351 e. The highest BCUT2D eigenvalue weighted by Gasteiger charge is 2.08. The van der Waals surface area contributed by atoms with E-state index in [0.717, 1.165) is 18.2 Å². The van der Waals surface area contributed by atoms with Crippen LogP contribution in [0.15, 0.2) is 18.2 Å². The Morgan fingerprint density at radius 2 is 2.20 bits per heavy atom. The second-order valence-electron chi connectivity index (χ2n) is 3.24. The first-order valence-electron chi connectivity index (χ1n) is 4.48. The maximum Gasteiger partial charge on any atom is 0.236 e. The summed E-state index contributed by atoms with van der Waals surface area (Å²) < 4.78 is 25.8. The molecule has 1 aromatic carbocycles. The van der Waals surface area contributed by atoms with Crippen LogP contribution in [0, 0.1) is 11.6 Å². The molecular formula is C10H12F2N2O. The first kappa shape index (κ1) is 11.6. The van der Waals surface area contributed by atoms with Crippen molar-refractivity contribution in [2.75, 3.05) is 0 Å². The van der Waals surface area contributed by atoms with E-state index in [1.165, 1.54) is 6.92 Å². The molecule has 0 bridgehead atoms. The average Bonchev–Trinajstić information content (AvgIpc) is 2.18. The number of hydrogen-bond acceptors (Lipinski definition) is 2. The standard InChI is InChI=1S/C10H12F2N2O/c1-6(13)10(15)14-5-7-4-8(11)2-3-9(7)12/h2-4,6H,5,13H2,1H3,(H,14,15)/t6-/m1/s1. The van der Waals surface area contributed by atoms with E-state index in [-0.39, 0.29) is 12.1 Å². The topological polar surface area (TPSA) is 55.1 Å². The van der Waals surface area contributed by atoms with Gasteiger partial charge in [-0.1, -0.05) is 0 Å². The van der Waals surface area contributed by atoms with Gasteiger partial charge in [0.25, 0.3) is 0 Å². The zero-order valence-corrected chi connectivity index (χ0v) is 8.26. The van der Waals surface area contributed by atoms with Crippen LogP contribution in [0.2, 0.25) is 0 Å². The first-order chi connectivity index (χ1) is 7.00. The quantitative estimate of drug-likeness (QED) is 0.786. The number of nitrogens with two attached hydrogens (primary N) is 1. The van der Waals surface area contributed by atoms with Crippen molar-refractivity contribution in [2.24, 2.45) is 5.73 Å². The number of carbonyl (C=O) groups is 1. The molecular weight excluding hydrogens is 202 g/mol. The Hall–Kier alpha value is -1.49. The summed E-state index contributed by atoms with van der Waals surface area (Å²) in [6.07, 6.45) is 0. The van der Waals surface area contributed by atoms with Crippen LogP contribution in [-0.4, -0.2) is 11.9 Å². The van der Waals surface area contributed by atoms with Gasteiger partial charge in [-0.25, -0.2) is 8.78 Å². The van der Waals surface area contributed by atoms with Gasteiger partial charge >= 0.3 is 0 Å². The van der Waals surface area contributed by atoms with Gasteiger partial charge in [0.2, 0.25) is 5.91 Å². The van der Waals surface area contributed by atoms with E-state index in [2.05, 4.69) is 5.32 Å². The minimum atomic E-state index is -0.665. The van der Waals surface area contributed by atoms with Gasteiger partial charge < -0.3 is 11.1 Å². The smallest absolute Gasteiger partial charge is 0.236 e. The highest BCUT2D eigenvalue weighted by molar-refractivity contribution is 5.80. The maximum absolute atomic E-state index is 13.1. The third-order valence-corrected chi connectivity index (χ3v) is 1.87. The lowest BCUT2D eigenvalue weighted by molar-refractivity contribution is -0.122. The van der Waals surface area contributed by atoms with Crippen LogP contribution in [0.4, 0.5) is 8.78 Å². The van der Waals surface area contributed by atoms with Crippen molar-refractivity contribution in [3.8, 4) is 0 Å². The van der Waals surface area contributed by atoms with Crippen LogP contribution in [0.3, 0.4) is 0 Å². The van der Waals surface area contributed by atoms with Crippen LogP contribution in [0.25, 0.3) is 0 Å². The Kier molecular flexibility index (Phi) is 3.74. The maximum atomic E-state index is 13.1. The Morgan fingerprint density at radius 3 is 2.80 bits per heavy atom. The Labute approximate surface area is 86.3 Å². The molecule has 82 valence electrons. The lowest BCUT2D eigenvalue weighted by Crippen LogP contribution is -2.37. The Bertz CT molecular complexity index is 366. The van der Waals surface area contributed by atoms with Crippen molar-refractivity contribution in [1.29, 1.82) is 0 Å². The summed E-state index contributed by atoms with van der Waals surface area (Å²) in [6.45, 7) is 1.45. The number of rotatable bonds is 3. The van der Waals surface area contributed by atoms with Gasteiger partial charge in [0.05, 0.1) is 6.04 Å². The van der Waals surface area contributed by atoms with E-state index in [9.17, 15) is 13.6 Å². The molecule has 0 aliphatic carbocycles. The van der Waals surface area contributed by atoms with Gasteiger partial charge in [-0.15, -0.1) is 0 Å². The fraction of sp³-hybridized carbons (Fsp3) is 0.300. The summed E-state index contributed by atoms with van der Waals surface area (Å²) in [6, 6.07) is 2.41. The van der Waals surface area contributed by atoms with Gasteiger partial charge in [-0.3, -0.25) is 4.79 Å². The van der Waals surface area contributed by atoms with Crippen LogP contribution in [-0.2, 0) is 11.3 Å². The molecule has 1 atom stereocenters. The van der Waals surface area contributed by atoms with E-state index in [0.29, 0.717) is 0 Å². The number of benzene rings is 1. The molecule has 0 aliphatic rings. The fourth-order valence-electron chi connectivity index (χ4n) is 1.02. The van der Waals surface area contributed by atoms with Crippen LogP contribution < -0.4 is 11.1 Å². The normalized spacial score (nSPS) is 12.3. The molecule has 1 amide bonds. The van der Waals surface area contributed by atoms with Crippen molar-refractivity contribution in [2.45, 2.75) is 19.5 Å². The molecule has 0 fully saturated rings. The third-order valence-electron chi connectivity index (χ3n) is 1.87. The predicted octanol–water partition coefficient (Wildman–Crippen LogP) is 0.928. The number of carbonyl (C=O) groups excluding carboxylic acids is 1. The van der Waals surface area contributed by atoms with E-state index >= 15 is 0 Å². The highest BCUT2D eigenvalue weighted by atomic mass is 19.1. The summed E-state index contributed by atoms with van der Waals surface area (Å²) in [5, 5.41) is 2.40. The highest BCUT2D eigenvalue weighted by Crippen LogP contribution is 2.08. The van der Waals surface area contributed by atoms with E-state index in [4.69, 9.17) is 5.73 Å². The lowest BCUT2D eigenvalue weighted by atomic mass is 10.2. The summed E-state index contributed by atoms with van der Waals surface area (Å²) in [7, 11) is 0. The molecule has 0 aromatic heterocycles. The van der Waals surface area contributed by atoms with Crippen molar-refractivity contribution in [3.63, 3.8) is 0 Å². The molecule has 1 rings (SSSR count). The predicted molar refractivity (Wildman–Crippen MR) is 51.9 cm³/mol. The molecule has 15 heavy (non-hydrogen) atoms. The van der Waals surface area contributed by atoms with Crippen LogP contribution in [0.5, 0.6) is 0 Å². The summed E-state index contributed by atoms with van der Waals surface area (Å²) in [4.78, 5) is 11.1. The molecule has 0 radical (unpaired) electrons. The zero-order chi connectivity index (χ0) is 11.4. The molecule has 0 saturated carbocycles. The van der Waals surface area contributed by atoms with Gasteiger partial charge in [0, 0.05) is 12.1 Å². The Morgan fingerprint density at radius 1 is 1.53 bits per heavy atom. The summed E-state index contributed by atoms with van der Waals surface area (Å²) in [5.74, 6) is -1.50. The Balaban J connectivity index is 2.65. The first-order valence-corrected chi connectivity index (χ1v) is 4.48. The number of amides is 1. The number of halogens is 2. The molecule has 3 nitrogen and oxygen atoms in total. The van der Waals surface area contributed by atoms with Crippen molar-refractivity contribution < 1.29 is 13.6 Å². The lowest BCUT2D eigenvalue weighted by Gasteiger charge is -2.08. The van der Waals surface area contributed by atoms with Crippen molar-refractivity contribution >= 4 is 5.91 Å². The molecule has 0 spiro atoms. The molecule has 0 heterocycles. The minimum absolute atomic E-state index is 0.0655. The summed E-state index contributed by atoms with van der Waals surface area (Å²) in [5.41, 5.74) is 5.39. The molecule has 5 heteroatoms. The average molecular weight is 214 g/mol. The summed E-state index contributed by atoms with van der Waals surface area (Å²) >= 11 is 0. The SMILES string of the molecule is C[C@@H](N)C(=O)NCc1cc(F)ccc1F. The monoisotopic (exact) mass is 214 g/mol. The van der Waals surface area contributed by atoms with Crippen molar-refractivity contribution in [3.05, 3.63) is 35.4 Å². The van der Waals surface area contributed by atoms with Gasteiger partial charge in [0.1, 0.15) is 11.6 Å². The van der Waals surface area contributed by atoms with E-state index in [1.54, 1.807) is 0 Å². The van der Waals surface area contributed by atoms with Crippen molar-refractivity contribution in [1.82, 2.24) is 5.32 Å². The second kappa shape index (κ2) is 4.84.